The maximum atomic E-state index is 4.40. The minimum atomic E-state index is 0.177. The quantitative estimate of drug-likeness (QED) is 0.773. The molecule has 0 amide bonds. The Hall–Kier alpha value is -0.930. The van der Waals surface area contributed by atoms with Gasteiger partial charge in [0.05, 0.1) is 5.54 Å². The third-order valence-electron chi connectivity index (χ3n) is 5.38. The van der Waals surface area contributed by atoms with Crippen LogP contribution in [0, 0.1) is 12.8 Å². The first-order valence-corrected chi connectivity index (χ1v) is 9.62. The van der Waals surface area contributed by atoms with Crippen molar-refractivity contribution >= 4 is 0 Å². The normalized spacial score (nSPS) is 25.8. The Balaban J connectivity index is 0.000000207. The number of piperidine rings is 1. The van der Waals surface area contributed by atoms with E-state index in [0.29, 0.717) is 0 Å². The fraction of sp³-hybridized carbons (Fsp3) is 0.750. The number of fused-ring (bicyclic) bond motifs is 1. The molecule has 3 nitrogen and oxygen atoms in total. The Labute approximate surface area is 142 Å². The van der Waals surface area contributed by atoms with Crippen molar-refractivity contribution in [3.05, 3.63) is 29.6 Å². The van der Waals surface area contributed by atoms with Gasteiger partial charge in [-0.2, -0.15) is 0 Å². The summed E-state index contributed by atoms with van der Waals surface area (Å²) in [6.07, 6.45) is 11.6. The maximum absolute atomic E-state index is 4.40. The highest BCUT2D eigenvalue weighted by Crippen LogP contribution is 2.40. The number of aromatic nitrogens is 1. The summed E-state index contributed by atoms with van der Waals surface area (Å²) in [6, 6.07) is 4.26. The summed E-state index contributed by atoms with van der Waals surface area (Å²) in [7, 11) is 0. The largest absolute Gasteiger partial charge is 0.315 e. The second-order valence-electron chi connectivity index (χ2n) is 7.07. The van der Waals surface area contributed by atoms with Gasteiger partial charge in [0.1, 0.15) is 0 Å². The van der Waals surface area contributed by atoms with Crippen molar-refractivity contribution in [2.75, 3.05) is 19.6 Å². The van der Waals surface area contributed by atoms with E-state index in [4.69, 9.17) is 0 Å². The van der Waals surface area contributed by atoms with Crippen LogP contribution in [0.4, 0.5) is 0 Å². The highest BCUT2D eigenvalue weighted by Gasteiger charge is 2.49. The first kappa shape index (κ1) is 18.4. The van der Waals surface area contributed by atoms with Crippen molar-refractivity contribution in [1.29, 1.82) is 0 Å². The molecule has 0 bridgehead atoms. The highest BCUT2D eigenvalue weighted by atomic mass is 15.1. The molecular weight excluding hydrogens is 282 g/mol. The summed E-state index contributed by atoms with van der Waals surface area (Å²) < 4.78 is 0. The van der Waals surface area contributed by atoms with Gasteiger partial charge >= 0.3 is 0 Å². The second kappa shape index (κ2) is 9.39. The molecular formula is C20H35N3. The minimum absolute atomic E-state index is 0.177. The van der Waals surface area contributed by atoms with E-state index in [2.05, 4.69) is 42.5 Å². The Morgan fingerprint density at radius 3 is 2.43 bits per heavy atom. The average molecular weight is 318 g/mol. The van der Waals surface area contributed by atoms with Crippen molar-refractivity contribution in [3.63, 3.8) is 0 Å². The fourth-order valence-electron chi connectivity index (χ4n) is 3.83. The topological polar surface area (TPSA) is 37.0 Å². The van der Waals surface area contributed by atoms with Crippen LogP contribution in [-0.2, 0) is 5.54 Å². The smallest absolute Gasteiger partial charge is 0.0620 e. The molecule has 2 N–H and O–H groups in total. The van der Waals surface area contributed by atoms with Gasteiger partial charge in [0.15, 0.2) is 0 Å². The van der Waals surface area contributed by atoms with E-state index in [0.717, 1.165) is 25.6 Å². The third-order valence-corrected chi connectivity index (χ3v) is 5.38. The molecule has 0 saturated carbocycles. The zero-order valence-electron chi connectivity index (χ0n) is 15.3. The second-order valence-corrected chi connectivity index (χ2v) is 7.07. The van der Waals surface area contributed by atoms with Crippen LogP contribution in [0.1, 0.15) is 70.1 Å². The number of unbranched alkanes of at least 4 members (excludes halogenated alkanes) is 5. The number of nitrogens with zero attached hydrogens (tertiary/aromatic N) is 1. The number of hydrogen-bond donors (Lipinski definition) is 2. The van der Waals surface area contributed by atoms with E-state index in [1.165, 1.54) is 56.2 Å². The lowest BCUT2D eigenvalue weighted by Gasteiger charge is -2.54. The van der Waals surface area contributed by atoms with E-state index >= 15 is 0 Å². The molecule has 1 aromatic rings. The molecule has 3 heteroatoms. The van der Waals surface area contributed by atoms with Crippen LogP contribution in [0.15, 0.2) is 18.3 Å². The van der Waals surface area contributed by atoms with Gasteiger partial charge in [-0.05, 0) is 37.4 Å². The zero-order chi connectivity index (χ0) is 16.5. The summed E-state index contributed by atoms with van der Waals surface area (Å²) in [5.41, 5.74) is 2.73. The predicted octanol–water partition coefficient (Wildman–Crippen LogP) is 4.16. The molecule has 2 aliphatic heterocycles. The van der Waals surface area contributed by atoms with Crippen molar-refractivity contribution in [2.45, 2.75) is 71.3 Å². The van der Waals surface area contributed by atoms with Crippen molar-refractivity contribution in [2.24, 2.45) is 5.92 Å². The third kappa shape index (κ3) is 4.54. The number of nitrogens with one attached hydrogen (secondary N) is 2. The summed E-state index contributed by atoms with van der Waals surface area (Å²) >= 11 is 0. The fourth-order valence-corrected chi connectivity index (χ4v) is 3.83. The molecule has 2 saturated heterocycles. The summed E-state index contributed by atoms with van der Waals surface area (Å²) in [5.74, 6) is 0.793. The molecule has 3 heterocycles. The summed E-state index contributed by atoms with van der Waals surface area (Å²) in [5, 5.41) is 7.11. The molecule has 2 unspecified atom stereocenters. The van der Waals surface area contributed by atoms with Gasteiger partial charge in [0.25, 0.3) is 0 Å². The molecule has 2 fully saturated rings. The van der Waals surface area contributed by atoms with Crippen LogP contribution >= 0.6 is 0 Å². The Morgan fingerprint density at radius 2 is 1.91 bits per heavy atom. The molecule has 0 aromatic carbocycles. The highest BCUT2D eigenvalue weighted by molar-refractivity contribution is 5.33. The molecule has 1 aromatic heterocycles. The van der Waals surface area contributed by atoms with Crippen molar-refractivity contribution in [3.8, 4) is 0 Å². The van der Waals surface area contributed by atoms with Gasteiger partial charge < -0.3 is 10.6 Å². The number of aryl methyl sites for hydroxylation is 1. The van der Waals surface area contributed by atoms with Crippen LogP contribution in [0.3, 0.4) is 0 Å². The van der Waals surface area contributed by atoms with Gasteiger partial charge in [0.2, 0.25) is 0 Å². The van der Waals surface area contributed by atoms with E-state index in [1.807, 2.05) is 12.3 Å². The molecule has 0 spiro atoms. The van der Waals surface area contributed by atoms with Gasteiger partial charge in [-0.1, -0.05) is 58.4 Å². The lowest BCUT2D eigenvalue weighted by molar-refractivity contribution is 0.0614. The number of hydrogen-bond acceptors (Lipinski definition) is 3. The first-order chi connectivity index (χ1) is 11.2. The molecule has 2 atom stereocenters. The van der Waals surface area contributed by atoms with Gasteiger partial charge in [-0.15, -0.1) is 0 Å². The molecule has 0 aliphatic carbocycles. The maximum Gasteiger partial charge on any atom is 0.0620 e. The standard InChI is InChI=1S/C12H17N3.C8H18/c1-9-11(3-2-5-14-9)12-8-13-6-4-10(12)7-15-12;1-3-5-7-8-6-4-2/h2-3,5,10,13,15H,4,6-8H2,1H3;3-8H2,1-2H3. The zero-order valence-corrected chi connectivity index (χ0v) is 15.3. The SMILES string of the molecule is CCCCCCCC.Cc1ncccc1C12CNCCC1CN2. The predicted molar refractivity (Wildman–Crippen MR) is 98.7 cm³/mol. The molecule has 23 heavy (non-hydrogen) atoms. The van der Waals surface area contributed by atoms with Gasteiger partial charge in [-0.25, -0.2) is 0 Å². The first-order valence-electron chi connectivity index (χ1n) is 9.62. The van der Waals surface area contributed by atoms with Crippen molar-refractivity contribution in [1.82, 2.24) is 15.6 Å². The van der Waals surface area contributed by atoms with Crippen LogP contribution in [0.2, 0.25) is 0 Å². The number of rotatable bonds is 6. The van der Waals surface area contributed by atoms with E-state index < -0.39 is 0 Å². The Morgan fingerprint density at radius 1 is 1.17 bits per heavy atom. The Bertz CT molecular complexity index is 454. The summed E-state index contributed by atoms with van der Waals surface area (Å²) in [6.45, 7) is 9.99. The Kier molecular flexibility index (Phi) is 7.51. The molecule has 2 aliphatic rings. The molecule has 130 valence electrons. The van der Waals surface area contributed by atoms with Gasteiger partial charge in [-0.3, -0.25) is 4.98 Å². The van der Waals surface area contributed by atoms with Crippen LogP contribution in [0.5, 0.6) is 0 Å². The monoisotopic (exact) mass is 317 g/mol. The van der Waals surface area contributed by atoms with Crippen LogP contribution < -0.4 is 10.6 Å². The average Bonchev–Trinajstić information content (AvgIpc) is 2.55. The molecule has 0 radical (unpaired) electrons. The lowest BCUT2D eigenvalue weighted by atomic mass is 9.68. The van der Waals surface area contributed by atoms with Crippen LogP contribution in [-0.4, -0.2) is 24.6 Å². The summed E-state index contributed by atoms with van der Waals surface area (Å²) in [4.78, 5) is 4.40. The van der Waals surface area contributed by atoms with E-state index in [1.54, 1.807) is 0 Å². The minimum Gasteiger partial charge on any atom is -0.315 e. The lowest BCUT2D eigenvalue weighted by Crippen LogP contribution is -2.69. The van der Waals surface area contributed by atoms with Gasteiger partial charge in [0, 0.05) is 25.0 Å². The van der Waals surface area contributed by atoms with E-state index in [-0.39, 0.29) is 5.54 Å². The number of pyridine rings is 1. The molecule has 3 rings (SSSR count). The van der Waals surface area contributed by atoms with Crippen LogP contribution in [0.25, 0.3) is 0 Å². The van der Waals surface area contributed by atoms with E-state index in [9.17, 15) is 0 Å². The van der Waals surface area contributed by atoms with Crippen molar-refractivity contribution < 1.29 is 0 Å².